The lowest BCUT2D eigenvalue weighted by Gasteiger charge is -2.10. The van der Waals surface area contributed by atoms with Crippen molar-refractivity contribution in [3.63, 3.8) is 0 Å². The molecular weight excluding hydrogens is 444 g/mol. The van der Waals surface area contributed by atoms with Gasteiger partial charge in [-0.15, -0.1) is 0 Å². The third kappa shape index (κ3) is 6.07. The first kappa shape index (κ1) is 22.3. The van der Waals surface area contributed by atoms with Crippen LogP contribution in [0.1, 0.15) is 30.1 Å². The minimum atomic E-state index is -3.83. The maximum atomic E-state index is 12.6. The monoisotopic (exact) mass is 466 g/mol. The predicted molar refractivity (Wildman–Crippen MR) is 123 cm³/mol. The number of hydrogen-bond acceptors (Lipinski definition) is 6. The van der Waals surface area contributed by atoms with Crippen LogP contribution in [-0.2, 0) is 14.8 Å². The molecular formula is C23H22N4O5S. The summed E-state index contributed by atoms with van der Waals surface area (Å²) >= 11 is 0. The van der Waals surface area contributed by atoms with E-state index >= 15 is 0 Å². The van der Waals surface area contributed by atoms with Crippen LogP contribution in [0.2, 0.25) is 0 Å². The number of carbonyl (C=O) groups excluding carboxylic acids is 2. The topological polar surface area (TPSA) is 126 Å². The Morgan fingerprint density at radius 2 is 1.61 bits per heavy atom. The number of carbonyl (C=O) groups is 2. The zero-order valence-corrected chi connectivity index (χ0v) is 18.6. The second kappa shape index (κ2) is 9.29. The van der Waals surface area contributed by atoms with E-state index < -0.39 is 10.0 Å². The Balaban J connectivity index is 1.36. The zero-order valence-electron chi connectivity index (χ0n) is 17.7. The highest BCUT2D eigenvalue weighted by molar-refractivity contribution is 7.92. The molecule has 3 aromatic rings. The van der Waals surface area contributed by atoms with Gasteiger partial charge < -0.3 is 15.4 Å². The lowest BCUT2D eigenvalue weighted by molar-refractivity contribution is -0.114. The molecule has 0 atom stereocenters. The van der Waals surface area contributed by atoms with Crippen molar-refractivity contribution in [2.75, 3.05) is 10.0 Å². The van der Waals surface area contributed by atoms with Crippen molar-refractivity contribution >= 4 is 33.2 Å². The Kier molecular flexibility index (Phi) is 6.27. The molecule has 9 nitrogen and oxygen atoms in total. The van der Waals surface area contributed by atoms with Crippen LogP contribution in [0.5, 0.6) is 11.6 Å². The number of aromatic nitrogens is 1. The number of hydrogen-bond donors (Lipinski definition) is 3. The Labute approximate surface area is 191 Å². The van der Waals surface area contributed by atoms with Crippen LogP contribution in [-0.4, -0.2) is 31.3 Å². The summed E-state index contributed by atoms with van der Waals surface area (Å²) < 4.78 is 33.3. The van der Waals surface area contributed by atoms with Gasteiger partial charge in [-0.3, -0.25) is 14.3 Å². The maximum absolute atomic E-state index is 12.6. The minimum Gasteiger partial charge on any atom is -0.439 e. The van der Waals surface area contributed by atoms with Crippen LogP contribution >= 0.6 is 0 Å². The number of nitrogens with one attached hydrogen (secondary N) is 3. The second-order valence-corrected chi connectivity index (χ2v) is 9.25. The minimum absolute atomic E-state index is 0.0442. The Morgan fingerprint density at radius 3 is 2.18 bits per heavy atom. The molecule has 0 aliphatic heterocycles. The fourth-order valence-electron chi connectivity index (χ4n) is 2.93. The van der Waals surface area contributed by atoms with Gasteiger partial charge in [-0.25, -0.2) is 13.4 Å². The average Bonchev–Trinajstić information content (AvgIpc) is 3.59. The highest BCUT2D eigenvalue weighted by Gasteiger charge is 2.23. The molecule has 4 rings (SSSR count). The van der Waals surface area contributed by atoms with Gasteiger partial charge in [0.15, 0.2) is 0 Å². The smallest absolute Gasteiger partial charge is 0.261 e. The third-order valence-corrected chi connectivity index (χ3v) is 6.12. The number of anilines is 2. The number of rotatable bonds is 8. The molecule has 1 heterocycles. The molecule has 1 aliphatic rings. The van der Waals surface area contributed by atoms with E-state index in [9.17, 15) is 18.0 Å². The van der Waals surface area contributed by atoms with Gasteiger partial charge >= 0.3 is 0 Å². The van der Waals surface area contributed by atoms with E-state index in [1.807, 2.05) is 0 Å². The van der Waals surface area contributed by atoms with Crippen LogP contribution in [0, 0.1) is 0 Å². The molecule has 0 radical (unpaired) electrons. The number of sulfonamides is 1. The molecule has 1 fully saturated rings. The third-order valence-electron chi connectivity index (χ3n) is 4.73. The molecule has 3 N–H and O–H groups in total. The van der Waals surface area contributed by atoms with Crippen LogP contribution < -0.4 is 20.1 Å². The Hall–Kier alpha value is -3.92. The molecule has 1 aromatic heterocycles. The molecule has 0 bridgehead atoms. The molecule has 2 aromatic carbocycles. The molecule has 1 saturated carbocycles. The van der Waals surface area contributed by atoms with Crippen LogP contribution in [0.15, 0.2) is 71.8 Å². The summed E-state index contributed by atoms with van der Waals surface area (Å²) in [5.74, 6) is 0.418. The number of amides is 2. The van der Waals surface area contributed by atoms with Crippen molar-refractivity contribution in [3.05, 3.63) is 72.4 Å². The molecule has 0 unspecified atom stereocenters. The quantitative estimate of drug-likeness (QED) is 0.466. The van der Waals surface area contributed by atoms with E-state index in [-0.39, 0.29) is 34.3 Å². The van der Waals surface area contributed by atoms with Gasteiger partial charge in [-0.05, 0) is 67.4 Å². The predicted octanol–water partition coefficient (Wildman–Crippen LogP) is 3.53. The average molecular weight is 467 g/mol. The van der Waals surface area contributed by atoms with Crippen LogP contribution in [0.3, 0.4) is 0 Å². The summed E-state index contributed by atoms with van der Waals surface area (Å²) in [6.45, 7) is 1.37. The van der Waals surface area contributed by atoms with E-state index in [1.165, 1.54) is 49.5 Å². The van der Waals surface area contributed by atoms with Gasteiger partial charge in [0.05, 0.1) is 16.8 Å². The van der Waals surface area contributed by atoms with Crippen LogP contribution in [0.4, 0.5) is 11.4 Å². The molecule has 1 aliphatic carbocycles. The number of nitrogens with zero attached hydrogens (tertiary/aromatic N) is 1. The number of pyridine rings is 1. The van der Waals surface area contributed by atoms with E-state index in [1.54, 1.807) is 24.3 Å². The summed E-state index contributed by atoms with van der Waals surface area (Å²) in [4.78, 5) is 27.3. The lowest BCUT2D eigenvalue weighted by atomic mass is 10.2. The zero-order chi connectivity index (χ0) is 23.4. The van der Waals surface area contributed by atoms with Gasteiger partial charge in [0.2, 0.25) is 11.8 Å². The van der Waals surface area contributed by atoms with Crippen molar-refractivity contribution < 1.29 is 22.7 Å². The summed E-state index contributed by atoms with van der Waals surface area (Å²) in [5.41, 5.74) is 1.32. The van der Waals surface area contributed by atoms with Crippen molar-refractivity contribution in [1.82, 2.24) is 10.3 Å². The number of benzene rings is 2. The lowest BCUT2D eigenvalue weighted by Crippen LogP contribution is -2.25. The molecule has 10 heteroatoms. The largest absolute Gasteiger partial charge is 0.439 e. The fourth-order valence-corrected chi connectivity index (χ4v) is 3.97. The van der Waals surface area contributed by atoms with Crippen molar-refractivity contribution in [2.45, 2.75) is 30.7 Å². The van der Waals surface area contributed by atoms with E-state index in [0.29, 0.717) is 17.0 Å². The van der Waals surface area contributed by atoms with Crippen molar-refractivity contribution in [2.24, 2.45) is 0 Å². The first-order valence-corrected chi connectivity index (χ1v) is 11.7. The first-order chi connectivity index (χ1) is 15.8. The van der Waals surface area contributed by atoms with Gasteiger partial charge in [-0.1, -0.05) is 0 Å². The van der Waals surface area contributed by atoms with E-state index in [2.05, 4.69) is 20.3 Å². The fraction of sp³-hybridized carbons (Fsp3) is 0.174. The van der Waals surface area contributed by atoms with Crippen molar-refractivity contribution in [3.8, 4) is 11.6 Å². The molecule has 170 valence electrons. The molecule has 0 saturated heterocycles. The first-order valence-electron chi connectivity index (χ1n) is 10.2. The van der Waals surface area contributed by atoms with Gasteiger partial charge in [0, 0.05) is 30.3 Å². The van der Waals surface area contributed by atoms with Gasteiger partial charge in [0.25, 0.3) is 15.9 Å². The summed E-state index contributed by atoms with van der Waals surface area (Å²) in [5, 5.41) is 5.50. The molecule has 2 amide bonds. The van der Waals surface area contributed by atoms with E-state index in [4.69, 9.17) is 4.74 Å². The maximum Gasteiger partial charge on any atom is 0.261 e. The summed E-state index contributed by atoms with van der Waals surface area (Å²) in [6, 6.07) is 15.8. The van der Waals surface area contributed by atoms with E-state index in [0.717, 1.165) is 12.8 Å². The normalized spacial score (nSPS) is 13.1. The van der Waals surface area contributed by atoms with Crippen LogP contribution in [0.25, 0.3) is 0 Å². The highest BCUT2D eigenvalue weighted by atomic mass is 32.2. The SMILES string of the molecule is CC(=O)Nc1ccc(S(=O)(=O)Nc2ccc(Oc3ccc(C(=O)NC4CC4)cc3)nc2)cc1. The number of ether oxygens (including phenoxy) is 1. The second-order valence-electron chi connectivity index (χ2n) is 7.57. The van der Waals surface area contributed by atoms with Crippen molar-refractivity contribution in [1.29, 1.82) is 0 Å². The molecule has 0 spiro atoms. The standard InChI is InChI=1S/C23H22N4O5S/c1-15(28)25-17-6-11-21(12-7-17)33(30,31)27-19-8-13-22(24-14-19)32-20-9-2-16(3-10-20)23(29)26-18-4-5-18/h2-3,6-14,18,27H,4-5H2,1H3,(H,25,28)(H,26,29). The highest BCUT2D eigenvalue weighted by Crippen LogP contribution is 2.24. The Morgan fingerprint density at radius 1 is 0.939 bits per heavy atom. The Bertz CT molecular complexity index is 1250. The van der Waals surface area contributed by atoms with Gasteiger partial charge in [0.1, 0.15) is 5.75 Å². The summed E-state index contributed by atoms with van der Waals surface area (Å²) in [6.07, 6.45) is 3.39. The van der Waals surface area contributed by atoms with Gasteiger partial charge in [-0.2, -0.15) is 0 Å². The molecule has 33 heavy (non-hydrogen) atoms. The summed E-state index contributed by atoms with van der Waals surface area (Å²) in [7, 11) is -3.83.